The van der Waals surface area contributed by atoms with Crippen molar-refractivity contribution in [2.45, 2.75) is 26.2 Å². The number of nitrogens with one attached hydrogen (secondary N) is 1. The van der Waals surface area contributed by atoms with E-state index in [1.807, 2.05) is 0 Å². The number of nitrogens with zero attached hydrogens (tertiary/aromatic N) is 2. The van der Waals surface area contributed by atoms with Gasteiger partial charge in [0.1, 0.15) is 6.61 Å². The molecule has 0 fully saturated rings. The summed E-state index contributed by atoms with van der Waals surface area (Å²) in [5.41, 5.74) is 0.984. The molecule has 0 aliphatic heterocycles. The van der Waals surface area contributed by atoms with E-state index in [4.69, 9.17) is 9.47 Å². The number of anilines is 1. The van der Waals surface area contributed by atoms with E-state index in [1.165, 1.54) is 7.11 Å². The Hall–Kier alpha value is -1.69. The van der Waals surface area contributed by atoms with Gasteiger partial charge in [0, 0.05) is 19.5 Å². The van der Waals surface area contributed by atoms with Crippen LogP contribution < -0.4 is 5.32 Å². The van der Waals surface area contributed by atoms with Crippen molar-refractivity contribution in [3.05, 3.63) is 18.0 Å². The number of carbonyl (C=O) groups excluding carboxylic acids is 1. The summed E-state index contributed by atoms with van der Waals surface area (Å²) in [4.78, 5) is 19.4. The summed E-state index contributed by atoms with van der Waals surface area (Å²) < 4.78 is 9.59. The van der Waals surface area contributed by atoms with E-state index in [9.17, 15) is 4.79 Å². The molecule has 1 amide bonds. The molecule has 0 atom stereocenters. The van der Waals surface area contributed by atoms with Crippen LogP contribution in [0.2, 0.25) is 0 Å². The summed E-state index contributed by atoms with van der Waals surface area (Å²) >= 11 is 0. The van der Waals surface area contributed by atoms with E-state index in [-0.39, 0.29) is 18.0 Å². The van der Waals surface area contributed by atoms with Crippen LogP contribution >= 0.6 is 0 Å². The number of hydrogen-bond acceptors (Lipinski definition) is 5. The van der Waals surface area contributed by atoms with E-state index >= 15 is 0 Å². The first-order valence-electron chi connectivity index (χ1n) is 5.68. The van der Waals surface area contributed by atoms with E-state index in [1.54, 1.807) is 12.4 Å². The molecule has 0 aliphatic rings. The first-order valence-corrected chi connectivity index (χ1v) is 5.68. The molecule has 0 unspecified atom stereocenters. The smallest absolute Gasteiger partial charge is 0.414 e. The van der Waals surface area contributed by atoms with Crippen molar-refractivity contribution in [2.24, 2.45) is 0 Å². The highest BCUT2D eigenvalue weighted by atomic mass is 16.6. The van der Waals surface area contributed by atoms with Crippen LogP contribution in [0.3, 0.4) is 0 Å². The maximum atomic E-state index is 11.3. The zero-order chi connectivity index (χ0) is 13.6. The fourth-order valence-electron chi connectivity index (χ4n) is 1.12. The predicted octanol–water partition coefficient (Wildman–Crippen LogP) is 1.97. The number of methoxy groups -OCH3 is 1. The summed E-state index contributed by atoms with van der Waals surface area (Å²) in [5.74, 6) is 0.227. The van der Waals surface area contributed by atoms with Crippen LogP contribution in [-0.4, -0.2) is 36.4 Å². The van der Waals surface area contributed by atoms with Crippen molar-refractivity contribution in [1.29, 1.82) is 0 Å². The molecule has 6 heteroatoms. The zero-order valence-corrected chi connectivity index (χ0v) is 11.2. The highest BCUT2D eigenvalue weighted by molar-refractivity contribution is 5.82. The fraction of sp³-hybridized carbons (Fsp3) is 0.583. The van der Waals surface area contributed by atoms with Gasteiger partial charge in [0.25, 0.3) is 0 Å². The summed E-state index contributed by atoms with van der Waals surface area (Å²) in [5, 5.41) is 2.44. The number of aromatic nitrogens is 2. The van der Waals surface area contributed by atoms with Crippen molar-refractivity contribution in [2.75, 3.05) is 25.6 Å². The molecule has 0 saturated heterocycles. The minimum atomic E-state index is -0.587. The number of ether oxygens (including phenoxy) is 2. The van der Waals surface area contributed by atoms with Crippen molar-refractivity contribution in [3.8, 4) is 0 Å². The Morgan fingerprint density at radius 3 is 2.39 bits per heavy atom. The Morgan fingerprint density at radius 2 is 1.89 bits per heavy atom. The first kappa shape index (κ1) is 14.4. The number of rotatable bonds is 4. The third kappa shape index (κ3) is 4.67. The quantitative estimate of drug-likeness (QED) is 0.830. The number of hydrogen-bond donors (Lipinski definition) is 1. The molecular weight excluding hydrogens is 234 g/mol. The Morgan fingerprint density at radius 1 is 1.28 bits per heavy atom. The molecule has 0 aliphatic carbocycles. The highest BCUT2D eigenvalue weighted by Gasteiger charge is 2.15. The molecule has 0 aromatic carbocycles. The molecule has 18 heavy (non-hydrogen) atoms. The maximum absolute atomic E-state index is 11.3. The van der Waals surface area contributed by atoms with Gasteiger partial charge in [-0.25, -0.2) is 14.8 Å². The van der Waals surface area contributed by atoms with Gasteiger partial charge in [0.05, 0.1) is 6.61 Å². The van der Waals surface area contributed by atoms with Crippen LogP contribution in [0.5, 0.6) is 0 Å². The minimum Gasteiger partial charge on any atom is -0.447 e. The first-order chi connectivity index (χ1) is 8.43. The lowest BCUT2D eigenvalue weighted by Gasteiger charge is -2.17. The Labute approximate surface area is 107 Å². The predicted molar refractivity (Wildman–Crippen MR) is 67.6 cm³/mol. The maximum Gasteiger partial charge on any atom is 0.414 e. The van der Waals surface area contributed by atoms with E-state index in [2.05, 4.69) is 36.1 Å². The fourth-order valence-corrected chi connectivity index (χ4v) is 1.12. The molecule has 1 aromatic rings. The van der Waals surface area contributed by atoms with Crippen LogP contribution in [0.15, 0.2) is 12.4 Å². The molecule has 1 aromatic heterocycles. The average molecular weight is 253 g/mol. The molecule has 0 spiro atoms. The van der Waals surface area contributed by atoms with Gasteiger partial charge in [0.15, 0.2) is 0 Å². The lowest BCUT2D eigenvalue weighted by molar-refractivity contribution is 0.107. The van der Waals surface area contributed by atoms with Crippen LogP contribution in [0.4, 0.5) is 10.7 Å². The molecule has 0 saturated carbocycles. The summed E-state index contributed by atoms with van der Waals surface area (Å²) in [6.45, 7) is 6.76. The lowest BCUT2D eigenvalue weighted by atomic mass is 9.89. The average Bonchev–Trinajstić information content (AvgIpc) is 2.29. The second-order valence-electron chi connectivity index (χ2n) is 4.80. The van der Waals surface area contributed by atoms with Gasteiger partial charge < -0.3 is 9.47 Å². The van der Waals surface area contributed by atoms with E-state index < -0.39 is 6.09 Å². The standard InChI is InChI=1S/C12H19N3O3/c1-12(2,3)9-7-13-10(14-8-9)15-11(16)18-6-5-17-4/h7-8H,5-6H2,1-4H3,(H,13,14,15,16). The topological polar surface area (TPSA) is 73.3 Å². The van der Waals surface area contributed by atoms with Crippen molar-refractivity contribution >= 4 is 12.0 Å². The van der Waals surface area contributed by atoms with Crippen LogP contribution in [0.1, 0.15) is 26.3 Å². The normalized spacial score (nSPS) is 11.1. The largest absolute Gasteiger partial charge is 0.447 e. The van der Waals surface area contributed by atoms with Gasteiger partial charge in [-0.1, -0.05) is 20.8 Å². The molecule has 100 valence electrons. The Balaban J connectivity index is 2.51. The number of carbonyl (C=O) groups is 1. The second-order valence-corrected chi connectivity index (χ2v) is 4.80. The summed E-state index contributed by atoms with van der Waals surface area (Å²) in [7, 11) is 1.54. The van der Waals surface area contributed by atoms with E-state index in [0.717, 1.165) is 5.56 Å². The van der Waals surface area contributed by atoms with Gasteiger partial charge in [0.2, 0.25) is 5.95 Å². The van der Waals surface area contributed by atoms with Crippen LogP contribution in [0.25, 0.3) is 0 Å². The van der Waals surface area contributed by atoms with Crippen molar-refractivity contribution in [3.63, 3.8) is 0 Å². The van der Waals surface area contributed by atoms with Gasteiger partial charge in [-0.15, -0.1) is 0 Å². The van der Waals surface area contributed by atoms with Crippen LogP contribution in [-0.2, 0) is 14.9 Å². The van der Waals surface area contributed by atoms with Gasteiger partial charge in [-0.3, -0.25) is 5.32 Å². The van der Waals surface area contributed by atoms with E-state index in [0.29, 0.717) is 6.61 Å². The molecule has 1 N–H and O–H groups in total. The van der Waals surface area contributed by atoms with Gasteiger partial charge >= 0.3 is 6.09 Å². The Bertz CT molecular complexity index is 385. The van der Waals surface area contributed by atoms with Crippen molar-refractivity contribution in [1.82, 2.24) is 9.97 Å². The summed E-state index contributed by atoms with van der Waals surface area (Å²) in [6.07, 6.45) is 2.80. The van der Waals surface area contributed by atoms with Gasteiger partial charge in [-0.2, -0.15) is 0 Å². The third-order valence-electron chi connectivity index (χ3n) is 2.25. The molecular formula is C12H19N3O3. The zero-order valence-electron chi connectivity index (χ0n) is 11.2. The molecule has 0 radical (unpaired) electrons. The summed E-state index contributed by atoms with van der Waals surface area (Å²) in [6, 6.07) is 0. The molecule has 0 bridgehead atoms. The SMILES string of the molecule is COCCOC(=O)Nc1ncc(C(C)(C)C)cn1. The minimum absolute atomic E-state index is 0.0164. The third-order valence-corrected chi connectivity index (χ3v) is 2.25. The molecule has 1 rings (SSSR count). The van der Waals surface area contributed by atoms with Gasteiger partial charge in [-0.05, 0) is 11.0 Å². The second kappa shape index (κ2) is 6.30. The molecule has 6 nitrogen and oxygen atoms in total. The van der Waals surface area contributed by atoms with Crippen molar-refractivity contribution < 1.29 is 14.3 Å². The lowest BCUT2D eigenvalue weighted by Crippen LogP contribution is -2.19. The van der Waals surface area contributed by atoms with Crippen LogP contribution in [0, 0.1) is 0 Å². The Kier molecular flexibility index (Phi) is 5.03. The highest BCUT2D eigenvalue weighted by Crippen LogP contribution is 2.20. The number of amides is 1. The monoisotopic (exact) mass is 253 g/mol. The molecule has 1 heterocycles.